The van der Waals surface area contributed by atoms with Crippen LogP contribution in [-0.2, 0) is 14.8 Å². The number of hydrogen-bond acceptors (Lipinski definition) is 8. The van der Waals surface area contributed by atoms with Crippen LogP contribution in [0.25, 0.3) is 21.9 Å². The van der Waals surface area contributed by atoms with Crippen LogP contribution in [0.1, 0.15) is 0 Å². The standard InChI is InChI=1S/C23H19ClF3N5O4S/c1-35-6-5-28-18-7-12-3-4-14(20(26)15(12)10-29-18)19-16(25)11-30-22(21(19)27)32-37(33,34)17-8-13(24)9-31-23(17)36-2/h3-4,7-11H,5-6H2,1-2H3,(H,28,29)(H,30,32). The van der Waals surface area contributed by atoms with Gasteiger partial charge < -0.3 is 14.8 Å². The summed E-state index contributed by atoms with van der Waals surface area (Å²) in [6.45, 7) is 0.902. The Morgan fingerprint density at radius 3 is 2.51 bits per heavy atom. The molecule has 0 amide bonds. The lowest BCUT2D eigenvalue weighted by Gasteiger charge is -2.14. The number of ether oxygens (including phenoxy) is 2. The zero-order valence-electron chi connectivity index (χ0n) is 19.4. The highest BCUT2D eigenvalue weighted by atomic mass is 35.5. The summed E-state index contributed by atoms with van der Waals surface area (Å²) in [5.41, 5.74) is -1.26. The minimum absolute atomic E-state index is 0.00210. The van der Waals surface area contributed by atoms with Crippen LogP contribution in [-0.4, -0.2) is 50.7 Å². The van der Waals surface area contributed by atoms with E-state index in [0.717, 1.165) is 12.3 Å². The molecule has 0 saturated carbocycles. The van der Waals surface area contributed by atoms with Crippen molar-refractivity contribution in [1.82, 2.24) is 15.0 Å². The molecule has 194 valence electrons. The zero-order valence-corrected chi connectivity index (χ0v) is 20.9. The van der Waals surface area contributed by atoms with Gasteiger partial charge in [-0.15, -0.1) is 0 Å². The SMILES string of the molecule is COCCNc1cc2ccc(-c3c(F)cnc(NS(=O)(=O)c4cc(Cl)cnc4OC)c3F)c(F)c2cn1. The Balaban J connectivity index is 1.74. The van der Waals surface area contributed by atoms with E-state index >= 15 is 8.78 Å². The number of nitrogens with zero attached hydrogens (tertiary/aromatic N) is 3. The fraction of sp³-hybridized carbons (Fsp3) is 0.174. The first kappa shape index (κ1) is 26.4. The van der Waals surface area contributed by atoms with Crippen molar-refractivity contribution in [1.29, 1.82) is 0 Å². The molecule has 3 heterocycles. The van der Waals surface area contributed by atoms with E-state index in [0.29, 0.717) is 30.6 Å². The molecule has 9 nitrogen and oxygen atoms in total. The van der Waals surface area contributed by atoms with Gasteiger partial charge in [0, 0.05) is 37.0 Å². The molecule has 14 heteroatoms. The molecule has 0 aliphatic rings. The minimum atomic E-state index is -4.54. The number of aromatic nitrogens is 3. The van der Waals surface area contributed by atoms with Crippen LogP contribution < -0.4 is 14.8 Å². The lowest BCUT2D eigenvalue weighted by atomic mass is 10.0. The first-order valence-corrected chi connectivity index (χ1v) is 12.4. The molecule has 4 rings (SSSR count). The number of rotatable bonds is 9. The van der Waals surface area contributed by atoms with Crippen LogP contribution in [0.4, 0.5) is 24.8 Å². The van der Waals surface area contributed by atoms with E-state index in [1.807, 2.05) is 4.72 Å². The number of methoxy groups -OCH3 is 2. The van der Waals surface area contributed by atoms with E-state index in [1.165, 1.54) is 25.4 Å². The molecule has 37 heavy (non-hydrogen) atoms. The Morgan fingerprint density at radius 2 is 1.78 bits per heavy atom. The first-order chi connectivity index (χ1) is 17.7. The maximum Gasteiger partial charge on any atom is 0.268 e. The molecule has 2 N–H and O–H groups in total. The molecule has 0 spiro atoms. The van der Waals surface area contributed by atoms with Crippen LogP contribution in [0.2, 0.25) is 5.02 Å². The van der Waals surface area contributed by atoms with E-state index < -0.39 is 49.3 Å². The summed E-state index contributed by atoms with van der Waals surface area (Å²) in [6, 6.07) is 5.25. The van der Waals surface area contributed by atoms with Crippen molar-refractivity contribution in [2.75, 3.05) is 37.4 Å². The van der Waals surface area contributed by atoms with E-state index in [-0.39, 0.29) is 16.3 Å². The third kappa shape index (κ3) is 5.38. The molecule has 0 fully saturated rings. The summed E-state index contributed by atoms with van der Waals surface area (Å²) in [5, 5.41) is 3.40. The van der Waals surface area contributed by atoms with Gasteiger partial charge in [0.05, 0.1) is 30.5 Å². The molecule has 1 aromatic carbocycles. The van der Waals surface area contributed by atoms with Crippen molar-refractivity contribution in [3.63, 3.8) is 0 Å². The molecule has 0 bridgehead atoms. The van der Waals surface area contributed by atoms with Gasteiger partial charge in [-0.25, -0.2) is 36.5 Å². The van der Waals surface area contributed by atoms with Gasteiger partial charge in [0.25, 0.3) is 10.0 Å². The normalized spacial score (nSPS) is 11.5. The molecular formula is C23H19ClF3N5O4S. The lowest BCUT2D eigenvalue weighted by Crippen LogP contribution is -2.17. The first-order valence-electron chi connectivity index (χ1n) is 10.5. The van der Waals surface area contributed by atoms with Crippen LogP contribution >= 0.6 is 11.6 Å². The Hall–Kier alpha value is -3.68. The van der Waals surface area contributed by atoms with Crippen LogP contribution in [0.5, 0.6) is 5.88 Å². The highest BCUT2D eigenvalue weighted by Gasteiger charge is 2.27. The van der Waals surface area contributed by atoms with Crippen molar-refractivity contribution in [3.05, 3.63) is 65.3 Å². The number of hydrogen-bond donors (Lipinski definition) is 2. The van der Waals surface area contributed by atoms with Gasteiger partial charge in [-0.2, -0.15) is 0 Å². The summed E-state index contributed by atoms with van der Waals surface area (Å²) in [7, 11) is -1.81. The maximum atomic E-state index is 15.4. The van der Waals surface area contributed by atoms with E-state index in [4.69, 9.17) is 21.1 Å². The van der Waals surface area contributed by atoms with Gasteiger partial charge >= 0.3 is 0 Å². The van der Waals surface area contributed by atoms with Gasteiger partial charge in [-0.3, -0.25) is 4.72 Å². The molecule has 0 aliphatic heterocycles. The van der Waals surface area contributed by atoms with Crippen molar-refractivity contribution >= 4 is 44.0 Å². The predicted octanol–water partition coefficient (Wildman–Crippen LogP) is 4.63. The average Bonchev–Trinajstić information content (AvgIpc) is 2.87. The van der Waals surface area contributed by atoms with E-state index in [2.05, 4.69) is 20.3 Å². The summed E-state index contributed by atoms with van der Waals surface area (Å²) < 4.78 is 83.2. The number of sulfonamides is 1. The monoisotopic (exact) mass is 553 g/mol. The largest absolute Gasteiger partial charge is 0.480 e. The molecule has 0 atom stereocenters. The van der Waals surface area contributed by atoms with Crippen LogP contribution in [0.15, 0.2) is 47.8 Å². The van der Waals surface area contributed by atoms with Crippen molar-refractivity contribution in [3.8, 4) is 17.0 Å². The second-order valence-corrected chi connectivity index (χ2v) is 9.63. The van der Waals surface area contributed by atoms with Crippen molar-refractivity contribution in [2.24, 2.45) is 0 Å². The quantitative estimate of drug-likeness (QED) is 0.288. The molecule has 3 aromatic heterocycles. The number of nitrogens with one attached hydrogen (secondary N) is 2. The lowest BCUT2D eigenvalue weighted by molar-refractivity contribution is 0.210. The molecule has 0 unspecified atom stereocenters. The Bertz CT molecular complexity index is 1590. The van der Waals surface area contributed by atoms with Crippen molar-refractivity contribution in [2.45, 2.75) is 4.90 Å². The molecule has 0 aliphatic carbocycles. The summed E-state index contributed by atoms with van der Waals surface area (Å²) in [4.78, 5) is 10.9. The number of anilines is 2. The maximum absolute atomic E-state index is 15.4. The second-order valence-electron chi connectivity index (χ2n) is 7.55. The van der Waals surface area contributed by atoms with Crippen LogP contribution in [0, 0.1) is 17.5 Å². The highest BCUT2D eigenvalue weighted by Crippen LogP contribution is 2.35. The smallest absolute Gasteiger partial charge is 0.268 e. The number of fused-ring (bicyclic) bond motifs is 1. The molecule has 4 aromatic rings. The summed E-state index contributed by atoms with van der Waals surface area (Å²) in [5.74, 6) is -4.31. The van der Waals surface area contributed by atoms with E-state index in [1.54, 1.807) is 13.2 Å². The second kappa shape index (κ2) is 10.7. The fourth-order valence-corrected chi connectivity index (χ4v) is 4.85. The van der Waals surface area contributed by atoms with Gasteiger partial charge in [-0.05, 0) is 17.5 Å². The molecule has 0 radical (unpaired) electrons. The minimum Gasteiger partial charge on any atom is -0.480 e. The third-order valence-corrected chi connectivity index (χ3v) is 6.73. The summed E-state index contributed by atoms with van der Waals surface area (Å²) in [6.07, 6.45) is 2.96. The van der Waals surface area contributed by atoms with Gasteiger partial charge in [0.1, 0.15) is 11.6 Å². The van der Waals surface area contributed by atoms with Crippen LogP contribution in [0.3, 0.4) is 0 Å². The Kier molecular flexibility index (Phi) is 7.66. The summed E-state index contributed by atoms with van der Waals surface area (Å²) >= 11 is 5.84. The van der Waals surface area contributed by atoms with E-state index in [9.17, 15) is 12.8 Å². The molecular weight excluding hydrogens is 535 g/mol. The number of pyridine rings is 3. The number of halogens is 4. The predicted molar refractivity (Wildman–Crippen MR) is 132 cm³/mol. The molecule has 0 saturated heterocycles. The third-order valence-electron chi connectivity index (χ3n) is 5.19. The Labute approximate surface area is 214 Å². The average molecular weight is 554 g/mol. The topological polar surface area (TPSA) is 115 Å². The van der Waals surface area contributed by atoms with Gasteiger partial charge in [0.2, 0.25) is 5.88 Å². The van der Waals surface area contributed by atoms with Gasteiger partial charge in [0.15, 0.2) is 22.3 Å². The highest BCUT2D eigenvalue weighted by molar-refractivity contribution is 7.92. The van der Waals surface area contributed by atoms with Crippen molar-refractivity contribution < 1.29 is 31.1 Å². The Morgan fingerprint density at radius 1 is 1.00 bits per heavy atom. The fourth-order valence-electron chi connectivity index (χ4n) is 3.47. The number of benzene rings is 1. The van der Waals surface area contributed by atoms with Gasteiger partial charge in [-0.1, -0.05) is 23.7 Å². The zero-order chi connectivity index (χ0) is 26.7.